The number of aryl methyl sites for hydroxylation is 1. The Balaban J connectivity index is 1.79. The molecule has 1 atom stereocenters. The van der Waals surface area contributed by atoms with Crippen molar-refractivity contribution < 1.29 is 4.79 Å². The van der Waals surface area contributed by atoms with Gasteiger partial charge in [0, 0.05) is 32.0 Å². The minimum Gasteiger partial charge on any atom is -0.347 e. The third-order valence-corrected chi connectivity index (χ3v) is 4.61. The number of hydrogen-bond donors (Lipinski definition) is 1. The average Bonchev–Trinajstić information content (AvgIpc) is 3.18. The van der Waals surface area contributed by atoms with E-state index in [1.807, 2.05) is 18.0 Å². The summed E-state index contributed by atoms with van der Waals surface area (Å²) in [5.41, 5.74) is 0.790. The van der Waals surface area contributed by atoms with Crippen molar-refractivity contribution in [3.63, 3.8) is 0 Å². The summed E-state index contributed by atoms with van der Waals surface area (Å²) in [6.45, 7) is 4.16. The molecule has 1 fully saturated rings. The lowest BCUT2D eigenvalue weighted by Crippen LogP contribution is -2.49. The zero-order chi connectivity index (χ0) is 14.8. The smallest absolute Gasteiger partial charge is 0.267 e. The van der Waals surface area contributed by atoms with E-state index in [1.54, 1.807) is 6.20 Å². The van der Waals surface area contributed by atoms with Gasteiger partial charge in [-0.2, -0.15) is 0 Å². The monoisotopic (exact) mass is 306 g/mol. The van der Waals surface area contributed by atoms with Crippen molar-refractivity contribution in [1.29, 1.82) is 0 Å². The van der Waals surface area contributed by atoms with Crippen LogP contribution in [0.15, 0.2) is 12.4 Å². The normalized spacial score (nSPS) is 19.9. The lowest BCUT2D eigenvalue weighted by molar-refractivity contribution is 0.0538. The average molecular weight is 306 g/mol. The number of nitrogens with one attached hydrogen (secondary N) is 1. The highest BCUT2D eigenvalue weighted by Gasteiger charge is 2.31. The van der Waals surface area contributed by atoms with Crippen LogP contribution >= 0.6 is 11.5 Å². The molecular formula is C13H18N6OS. The van der Waals surface area contributed by atoms with Crippen LogP contribution in [0.25, 0.3) is 0 Å². The minimum absolute atomic E-state index is 0.0338. The van der Waals surface area contributed by atoms with Crippen LogP contribution in [0.1, 0.15) is 34.2 Å². The molecular weight excluding hydrogens is 288 g/mol. The molecule has 3 rings (SSSR count). The first-order valence-electron chi connectivity index (χ1n) is 7.00. The molecule has 1 aliphatic heterocycles. The predicted octanol–water partition coefficient (Wildman–Crippen LogP) is 0.952. The summed E-state index contributed by atoms with van der Waals surface area (Å²) in [5, 5.41) is 4.03. The van der Waals surface area contributed by atoms with Gasteiger partial charge in [-0.15, -0.1) is 5.10 Å². The number of aromatic amines is 1. The highest BCUT2D eigenvalue weighted by Crippen LogP contribution is 2.23. The second kappa shape index (κ2) is 5.90. The fourth-order valence-electron chi connectivity index (χ4n) is 2.56. The largest absolute Gasteiger partial charge is 0.347 e. The van der Waals surface area contributed by atoms with E-state index in [-0.39, 0.29) is 11.9 Å². The summed E-state index contributed by atoms with van der Waals surface area (Å²) >= 11 is 1.19. The zero-order valence-electron chi connectivity index (χ0n) is 12.1. The van der Waals surface area contributed by atoms with Crippen LogP contribution in [-0.4, -0.2) is 61.9 Å². The standard InChI is InChI=1S/C13H18N6OS/c1-3-9-11(21-17-16-9)13(20)19-7-6-18(2)10(8-19)12-14-4-5-15-12/h4-5,10H,3,6-8H2,1-2H3,(H,14,15). The fourth-order valence-corrected chi connectivity index (χ4v) is 3.28. The summed E-state index contributed by atoms with van der Waals surface area (Å²) in [4.78, 5) is 24.9. The Labute approximate surface area is 127 Å². The minimum atomic E-state index is 0.0338. The van der Waals surface area contributed by atoms with Gasteiger partial charge < -0.3 is 9.88 Å². The van der Waals surface area contributed by atoms with Crippen LogP contribution in [0, 0.1) is 0 Å². The molecule has 2 aromatic rings. The molecule has 3 heterocycles. The summed E-state index contributed by atoms with van der Waals surface area (Å²) in [6, 6.07) is 0.101. The van der Waals surface area contributed by atoms with Crippen LogP contribution in [0.4, 0.5) is 0 Å². The molecule has 1 unspecified atom stereocenters. The summed E-state index contributed by atoms with van der Waals surface area (Å²) in [5.74, 6) is 0.930. The van der Waals surface area contributed by atoms with Crippen molar-refractivity contribution in [2.45, 2.75) is 19.4 Å². The molecule has 0 spiro atoms. The van der Waals surface area contributed by atoms with E-state index in [1.165, 1.54) is 11.5 Å². The second-order valence-corrected chi connectivity index (χ2v) is 5.88. The molecule has 0 saturated carbocycles. The van der Waals surface area contributed by atoms with Crippen molar-refractivity contribution >= 4 is 17.4 Å². The van der Waals surface area contributed by atoms with E-state index in [0.717, 1.165) is 24.5 Å². The number of carbonyl (C=O) groups excluding carboxylic acids is 1. The summed E-state index contributed by atoms with van der Waals surface area (Å²) in [7, 11) is 2.06. The molecule has 112 valence electrons. The maximum Gasteiger partial charge on any atom is 0.267 e. The molecule has 2 aromatic heterocycles. The topological polar surface area (TPSA) is 78.0 Å². The second-order valence-electron chi connectivity index (χ2n) is 5.12. The first-order chi connectivity index (χ1) is 10.2. The molecule has 1 N–H and O–H groups in total. The Morgan fingerprint density at radius 3 is 3.10 bits per heavy atom. The lowest BCUT2D eigenvalue weighted by atomic mass is 10.1. The number of piperazine rings is 1. The first kappa shape index (κ1) is 14.2. The maximum absolute atomic E-state index is 12.7. The van der Waals surface area contributed by atoms with Crippen molar-refractivity contribution in [2.75, 3.05) is 26.7 Å². The number of nitrogens with zero attached hydrogens (tertiary/aromatic N) is 5. The van der Waals surface area contributed by atoms with Gasteiger partial charge in [-0.05, 0) is 25.0 Å². The molecule has 1 saturated heterocycles. The van der Waals surface area contributed by atoms with Gasteiger partial charge in [-0.1, -0.05) is 11.4 Å². The highest BCUT2D eigenvalue weighted by molar-refractivity contribution is 7.08. The Hall–Kier alpha value is -1.80. The van der Waals surface area contributed by atoms with Crippen molar-refractivity contribution in [3.8, 4) is 0 Å². The third-order valence-electron chi connectivity index (χ3n) is 3.86. The van der Waals surface area contributed by atoms with E-state index in [2.05, 4.69) is 31.5 Å². The van der Waals surface area contributed by atoms with E-state index in [9.17, 15) is 4.79 Å². The molecule has 0 radical (unpaired) electrons. The Morgan fingerprint density at radius 2 is 2.38 bits per heavy atom. The van der Waals surface area contributed by atoms with Gasteiger partial charge in [0.15, 0.2) is 0 Å². The van der Waals surface area contributed by atoms with Gasteiger partial charge in [-0.25, -0.2) is 4.98 Å². The van der Waals surface area contributed by atoms with E-state index >= 15 is 0 Å². The van der Waals surface area contributed by atoms with Crippen LogP contribution in [0.5, 0.6) is 0 Å². The maximum atomic E-state index is 12.7. The first-order valence-corrected chi connectivity index (χ1v) is 7.78. The van der Waals surface area contributed by atoms with Gasteiger partial charge in [-0.3, -0.25) is 9.69 Å². The number of H-pyrrole nitrogens is 1. The number of imidazole rings is 1. The lowest BCUT2D eigenvalue weighted by Gasteiger charge is -2.38. The number of hydrogen-bond acceptors (Lipinski definition) is 6. The number of likely N-dealkylation sites (N-methyl/N-ethyl adjacent to an activating group) is 1. The van der Waals surface area contributed by atoms with E-state index in [4.69, 9.17) is 0 Å². The Kier molecular flexibility index (Phi) is 3.98. The van der Waals surface area contributed by atoms with Crippen molar-refractivity contribution in [2.24, 2.45) is 0 Å². The van der Waals surface area contributed by atoms with Crippen LogP contribution in [0.3, 0.4) is 0 Å². The Morgan fingerprint density at radius 1 is 1.52 bits per heavy atom. The molecule has 0 aliphatic carbocycles. The molecule has 1 amide bonds. The number of aromatic nitrogens is 4. The van der Waals surface area contributed by atoms with Crippen molar-refractivity contribution in [3.05, 3.63) is 28.8 Å². The highest BCUT2D eigenvalue weighted by atomic mass is 32.1. The van der Waals surface area contributed by atoms with Crippen molar-refractivity contribution in [1.82, 2.24) is 29.4 Å². The number of amides is 1. The van der Waals surface area contributed by atoms with Gasteiger partial charge in [0.05, 0.1) is 11.7 Å². The number of carbonyl (C=O) groups is 1. The molecule has 0 bridgehead atoms. The molecule has 0 aromatic carbocycles. The van der Waals surface area contributed by atoms with Gasteiger partial charge in [0.2, 0.25) is 0 Å². The molecule has 1 aliphatic rings. The van der Waals surface area contributed by atoms with Gasteiger partial charge in [0.1, 0.15) is 10.7 Å². The fraction of sp³-hybridized carbons (Fsp3) is 0.538. The van der Waals surface area contributed by atoms with Crippen LogP contribution in [-0.2, 0) is 6.42 Å². The SMILES string of the molecule is CCc1nnsc1C(=O)N1CCN(C)C(c2ncc[nH]2)C1. The molecule has 8 heteroatoms. The quantitative estimate of drug-likeness (QED) is 0.913. The van der Waals surface area contributed by atoms with Crippen LogP contribution in [0.2, 0.25) is 0 Å². The molecule has 21 heavy (non-hydrogen) atoms. The summed E-state index contributed by atoms with van der Waals surface area (Å²) in [6.07, 6.45) is 4.28. The number of rotatable bonds is 3. The van der Waals surface area contributed by atoms with Gasteiger partial charge >= 0.3 is 0 Å². The van der Waals surface area contributed by atoms with E-state index in [0.29, 0.717) is 18.0 Å². The van der Waals surface area contributed by atoms with E-state index < -0.39 is 0 Å². The zero-order valence-corrected chi connectivity index (χ0v) is 12.9. The predicted molar refractivity (Wildman–Crippen MR) is 79.1 cm³/mol. The summed E-state index contributed by atoms with van der Waals surface area (Å²) < 4.78 is 3.91. The van der Waals surface area contributed by atoms with Gasteiger partial charge in [0.25, 0.3) is 5.91 Å². The Bertz CT molecular complexity index is 610. The van der Waals surface area contributed by atoms with Crippen LogP contribution < -0.4 is 0 Å². The third kappa shape index (κ3) is 2.68. The molecule has 7 nitrogen and oxygen atoms in total.